The van der Waals surface area contributed by atoms with E-state index < -0.39 is 6.04 Å². The van der Waals surface area contributed by atoms with E-state index in [9.17, 15) is 19.2 Å². The Labute approximate surface area is 327 Å². The highest BCUT2D eigenvalue weighted by Crippen LogP contribution is 2.44. The highest BCUT2D eigenvalue weighted by Gasteiger charge is 2.46. The SMILES string of the molecule is COc1cc(-c2cn(C)c(=O)c3c2COC3)cc(OC)c1CN1CCC(CN2CCC3(CC2)CN(c2ccc4c(c2)C(=O)N(C2CCC(=O)NC2=O)C4)C3)CC1. The molecule has 0 saturated carbocycles. The number of ether oxygens (including phenoxy) is 3. The van der Waals surface area contributed by atoms with Crippen molar-refractivity contribution in [2.24, 2.45) is 18.4 Å². The summed E-state index contributed by atoms with van der Waals surface area (Å²) in [5.74, 6) is 1.51. The van der Waals surface area contributed by atoms with Crippen LogP contribution in [0.5, 0.6) is 11.5 Å². The molecule has 296 valence electrons. The van der Waals surface area contributed by atoms with Gasteiger partial charge in [-0.25, -0.2) is 0 Å². The Kier molecular flexibility index (Phi) is 9.65. The van der Waals surface area contributed by atoms with Crippen molar-refractivity contribution in [3.8, 4) is 22.6 Å². The first-order chi connectivity index (χ1) is 27.1. The fourth-order valence-corrected chi connectivity index (χ4v) is 10.1. The Morgan fingerprint density at radius 1 is 0.857 bits per heavy atom. The number of imide groups is 1. The molecule has 13 nitrogen and oxygen atoms in total. The second-order valence-electron chi connectivity index (χ2n) is 16.9. The fraction of sp³-hybridized carbons (Fsp3) is 0.535. The van der Waals surface area contributed by atoms with Crippen LogP contribution in [0.25, 0.3) is 11.1 Å². The van der Waals surface area contributed by atoms with Gasteiger partial charge < -0.3 is 33.5 Å². The summed E-state index contributed by atoms with van der Waals surface area (Å²) in [4.78, 5) is 59.4. The number of hydrogen-bond acceptors (Lipinski definition) is 10. The number of amides is 3. The van der Waals surface area contributed by atoms with Crippen LogP contribution in [-0.4, -0.2) is 103 Å². The summed E-state index contributed by atoms with van der Waals surface area (Å²) < 4.78 is 19.2. The Morgan fingerprint density at radius 2 is 1.57 bits per heavy atom. The van der Waals surface area contributed by atoms with Crippen LogP contribution < -0.4 is 25.2 Å². The zero-order valence-corrected chi connectivity index (χ0v) is 32.7. The molecule has 3 aromatic rings. The minimum atomic E-state index is -0.587. The van der Waals surface area contributed by atoms with Gasteiger partial charge in [0.15, 0.2) is 0 Å². The molecule has 2 aromatic carbocycles. The van der Waals surface area contributed by atoms with Crippen molar-refractivity contribution in [2.45, 2.75) is 70.9 Å². The number of carbonyl (C=O) groups is 3. The predicted octanol–water partition coefficient (Wildman–Crippen LogP) is 3.68. The van der Waals surface area contributed by atoms with E-state index in [0.717, 1.165) is 103 Å². The Bertz CT molecular complexity index is 2100. The summed E-state index contributed by atoms with van der Waals surface area (Å²) >= 11 is 0. The van der Waals surface area contributed by atoms with Crippen LogP contribution in [-0.2, 0) is 47.7 Å². The molecule has 4 fully saturated rings. The van der Waals surface area contributed by atoms with E-state index >= 15 is 0 Å². The minimum Gasteiger partial charge on any atom is -0.496 e. The maximum atomic E-state index is 13.4. The van der Waals surface area contributed by atoms with Gasteiger partial charge in [-0.1, -0.05) is 6.07 Å². The molecule has 0 aliphatic carbocycles. The molecule has 0 bridgehead atoms. The van der Waals surface area contributed by atoms with Crippen molar-refractivity contribution in [2.75, 3.05) is 64.9 Å². The molecular formula is C43H52N6O7. The molecule has 3 amide bonds. The van der Waals surface area contributed by atoms with E-state index in [-0.39, 0.29) is 29.7 Å². The number of benzene rings is 2. The summed E-state index contributed by atoms with van der Waals surface area (Å²) in [5.41, 5.74) is 7.68. The van der Waals surface area contributed by atoms with Crippen molar-refractivity contribution < 1.29 is 28.6 Å². The van der Waals surface area contributed by atoms with Gasteiger partial charge >= 0.3 is 0 Å². The first kappa shape index (κ1) is 36.9. The first-order valence-electron chi connectivity index (χ1n) is 20.1. The zero-order valence-electron chi connectivity index (χ0n) is 32.7. The lowest BCUT2D eigenvalue weighted by Crippen LogP contribution is -2.60. The van der Waals surface area contributed by atoms with Crippen LogP contribution in [0.3, 0.4) is 0 Å². The number of nitrogens with zero attached hydrogens (tertiary/aromatic N) is 5. The van der Waals surface area contributed by atoms with Gasteiger partial charge in [0.05, 0.1) is 33.0 Å². The third-order valence-electron chi connectivity index (χ3n) is 13.5. The summed E-state index contributed by atoms with van der Waals surface area (Å²) in [5, 5.41) is 2.39. The second-order valence-corrected chi connectivity index (χ2v) is 16.9. The summed E-state index contributed by atoms with van der Waals surface area (Å²) in [6.07, 6.45) is 7.25. The monoisotopic (exact) mass is 764 g/mol. The third kappa shape index (κ3) is 6.67. The molecule has 0 radical (unpaired) electrons. The lowest BCUT2D eigenvalue weighted by Gasteiger charge is -2.55. The largest absolute Gasteiger partial charge is 0.496 e. The molecule has 56 heavy (non-hydrogen) atoms. The standard InChI is InChI=1S/C43H52N6O7/c1-45-21-32(34-23-56-24-35(34)41(45)52)29-16-37(54-2)33(38(17-29)55-3)22-46-12-8-27(9-13-46)19-47-14-10-43(11-15-47)25-48(26-43)30-5-4-28-20-49(42(53)31(28)18-30)36-6-7-39(50)44-40(36)51/h4-5,16-18,21,27,36H,6-15,19-20,22-26H2,1-3H3,(H,44,50,51). The number of piperidine rings is 3. The van der Waals surface area contributed by atoms with Crippen molar-refractivity contribution in [1.82, 2.24) is 24.6 Å². The van der Waals surface area contributed by atoms with Gasteiger partial charge in [-0.15, -0.1) is 0 Å². The van der Waals surface area contributed by atoms with Crippen LogP contribution in [0.4, 0.5) is 5.69 Å². The molecule has 1 aromatic heterocycles. The number of rotatable bonds is 9. The predicted molar refractivity (Wildman–Crippen MR) is 210 cm³/mol. The average Bonchev–Trinajstić information content (AvgIpc) is 3.81. The number of hydrogen-bond donors (Lipinski definition) is 1. The van der Waals surface area contributed by atoms with E-state index in [4.69, 9.17) is 14.2 Å². The van der Waals surface area contributed by atoms with Crippen molar-refractivity contribution in [3.05, 3.63) is 74.7 Å². The molecule has 13 heteroatoms. The Morgan fingerprint density at radius 3 is 2.27 bits per heavy atom. The summed E-state index contributed by atoms with van der Waals surface area (Å²) in [6, 6.07) is 9.71. The topological polar surface area (TPSA) is 126 Å². The van der Waals surface area contributed by atoms with Crippen LogP contribution in [0.15, 0.2) is 41.3 Å². The Balaban J connectivity index is 0.758. The third-order valence-corrected chi connectivity index (χ3v) is 13.5. The second kappa shape index (κ2) is 14.7. The zero-order chi connectivity index (χ0) is 38.7. The van der Waals surface area contributed by atoms with Crippen LogP contribution in [0.2, 0.25) is 0 Å². The number of fused-ring (bicyclic) bond motifs is 2. The van der Waals surface area contributed by atoms with Gasteiger partial charge in [-0.2, -0.15) is 0 Å². The highest BCUT2D eigenvalue weighted by molar-refractivity contribution is 6.05. The summed E-state index contributed by atoms with van der Waals surface area (Å²) in [7, 11) is 5.20. The van der Waals surface area contributed by atoms with E-state index in [1.807, 2.05) is 18.3 Å². The number of pyridine rings is 1. The fourth-order valence-electron chi connectivity index (χ4n) is 10.1. The van der Waals surface area contributed by atoms with Gasteiger partial charge in [0.1, 0.15) is 17.5 Å². The molecular weight excluding hydrogens is 713 g/mol. The number of likely N-dealkylation sites (tertiary alicyclic amines) is 2. The van der Waals surface area contributed by atoms with E-state index in [0.29, 0.717) is 43.1 Å². The van der Waals surface area contributed by atoms with Crippen molar-refractivity contribution in [1.29, 1.82) is 0 Å². The van der Waals surface area contributed by atoms with E-state index in [2.05, 4.69) is 38.2 Å². The molecule has 1 unspecified atom stereocenters. The van der Waals surface area contributed by atoms with Gasteiger partial charge in [-0.3, -0.25) is 29.4 Å². The summed E-state index contributed by atoms with van der Waals surface area (Å²) in [6.45, 7) is 9.44. The molecule has 1 atom stereocenters. The van der Waals surface area contributed by atoms with Crippen molar-refractivity contribution in [3.63, 3.8) is 0 Å². The minimum absolute atomic E-state index is 0.00846. The van der Waals surface area contributed by atoms with Gasteiger partial charge in [-0.05, 0) is 105 Å². The van der Waals surface area contributed by atoms with Gasteiger partial charge in [0.2, 0.25) is 11.8 Å². The van der Waals surface area contributed by atoms with E-state index in [1.54, 1.807) is 30.7 Å². The first-order valence-corrected chi connectivity index (χ1v) is 20.1. The number of nitrogens with one attached hydrogen (secondary N) is 1. The molecule has 6 aliphatic rings. The van der Waals surface area contributed by atoms with Crippen LogP contribution >= 0.6 is 0 Å². The normalized spacial score (nSPS) is 22.6. The van der Waals surface area contributed by atoms with Crippen LogP contribution in [0.1, 0.15) is 71.1 Å². The molecule has 9 rings (SSSR count). The van der Waals surface area contributed by atoms with Gasteiger partial charge in [0.25, 0.3) is 11.5 Å². The number of anilines is 1. The molecule has 6 aliphatic heterocycles. The van der Waals surface area contributed by atoms with Crippen molar-refractivity contribution >= 4 is 23.4 Å². The van der Waals surface area contributed by atoms with Crippen LogP contribution in [0, 0.1) is 11.3 Å². The Hall–Kier alpha value is -4.72. The molecule has 1 N–H and O–H groups in total. The lowest BCUT2D eigenvalue weighted by molar-refractivity contribution is -0.136. The molecule has 7 heterocycles. The maximum absolute atomic E-state index is 13.4. The number of carbonyl (C=O) groups excluding carboxylic acids is 3. The molecule has 1 spiro atoms. The number of aryl methyl sites for hydroxylation is 1. The van der Waals surface area contributed by atoms with Gasteiger partial charge in [0, 0.05) is 80.2 Å². The quantitative estimate of drug-likeness (QED) is 0.323. The lowest BCUT2D eigenvalue weighted by atomic mass is 9.71. The highest BCUT2D eigenvalue weighted by atomic mass is 16.5. The maximum Gasteiger partial charge on any atom is 0.256 e. The van der Waals surface area contributed by atoms with E-state index in [1.165, 1.54) is 25.7 Å². The number of aromatic nitrogens is 1. The smallest absolute Gasteiger partial charge is 0.256 e. The molecule has 4 saturated heterocycles. The number of methoxy groups -OCH3 is 2. The average molecular weight is 765 g/mol.